The molecule has 0 radical (unpaired) electrons. The zero-order valence-corrected chi connectivity index (χ0v) is 10.2. The van der Waals surface area contributed by atoms with Crippen LogP contribution in [0, 0.1) is 6.92 Å². The summed E-state index contributed by atoms with van der Waals surface area (Å²) < 4.78 is 0. The molecule has 0 saturated heterocycles. The van der Waals surface area contributed by atoms with Gasteiger partial charge in [-0.3, -0.25) is 9.78 Å². The van der Waals surface area contributed by atoms with Crippen molar-refractivity contribution in [2.75, 3.05) is 18.8 Å². The molecule has 1 amide bonds. The molecule has 4 nitrogen and oxygen atoms in total. The summed E-state index contributed by atoms with van der Waals surface area (Å²) in [5.41, 5.74) is 7.66. The van der Waals surface area contributed by atoms with E-state index >= 15 is 0 Å². The quantitative estimate of drug-likeness (QED) is 0.844. The van der Waals surface area contributed by atoms with Crippen molar-refractivity contribution >= 4 is 11.6 Å². The first-order valence-electron chi connectivity index (χ1n) is 5.61. The van der Waals surface area contributed by atoms with Gasteiger partial charge in [0, 0.05) is 30.7 Å². The number of pyridine rings is 1. The third-order valence-corrected chi connectivity index (χ3v) is 2.47. The Labute approximate surface area is 96.5 Å². The molecule has 0 unspecified atom stereocenters. The highest BCUT2D eigenvalue weighted by molar-refractivity contribution is 5.98. The number of hydrogen-bond acceptors (Lipinski definition) is 3. The van der Waals surface area contributed by atoms with E-state index in [0.717, 1.165) is 18.7 Å². The molecule has 0 aliphatic rings. The van der Waals surface area contributed by atoms with Crippen LogP contribution in [0.2, 0.25) is 0 Å². The van der Waals surface area contributed by atoms with Gasteiger partial charge in [0.2, 0.25) is 0 Å². The molecule has 0 aliphatic carbocycles. The Morgan fingerprint density at radius 1 is 1.50 bits per heavy atom. The van der Waals surface area contributed by atoms with Gasteiger partial charge in [-0.2, -0.15) is 0 Å². The van der Waals surface area contributed by atoms with Crippen molar-refractivity contribution in [3.63, 3.8) is 0 Å². The van der Waals surface area contributed by atoms with Crippen LogP contribution >= 0.6 is 0 Å². The number of amides is 1. The van der Waals surface area contributed by atoms with Gasteiger partial charge in [-0.25, -0.2) is 0 Å². The standard InChI is InChI=1S/C12H19N3O/c1-4-6-15(5-2)12(16)10-8-14-9(3)7-11(10)13/h7-8H,4-6H2,1-3H3,(H2,13,14). The maximum Gasteiger partial charge on any atom is 0.257 e. The van der Waals surface area contributed by atoms with Crippen molar-refractivity contribution in [3.8, 4) is 0 Å². The van der Waals surface area contributed by atoms with Gasteiger partial charge in [-0.15, -0.1) is 0 Å². The van der Waals surface area contributed by atoms with Crippen molar-refractivity contribution in [2.45, 2.75) is 27.2 Å². The summed E-state index contributed by atoms with van der Waals surface area (Å²) in [7, 11) is 0. The van der Waals surface area contributed by atoms with Crippen molar-refractivity contribution < 1.29 is 4.79 Å². The van der Waals surface area contributed by atoms with E-state index in [2.05, 4.69) is 4.98 Å². The van der Waals surface area contributed by atoms with Crippen molar-refractivity contribution in [3.05, 3.63) is 23.5 Å². The van der Waals surface area contributed by atoms with Gasteiger partial charge in [0.15, 0.2) is 0 Å². The zero-order chi connectivity index (χ0) is 12.1. The van der Waals surface area contributed by atoms with Crippen LogP contribution in [0.1, 0.15) is 36.3 Å². The molecule has 0 aliphatic heterocycles. The number of carbonyl (C=O) groups is 1. The number of rotatable bonds is 4. The third kappa shape index (κ3) is 2.72. The van der Waals surface area contributed by atoms with E-state index in [1.54, 1.807) is 17.2 Å². The van der Waals surface area contributed by atoms with E-state index < -0.39 is 0 Å². The Morgan fingerprint density at radius 3 is 2.69 bits per heavy atom. The molecule has 0 spiro atoms. The van der Waals surface area contributed by atoms with E-state index in [-0.39, 0.29) is 5.91 Å². The Balaban J connectivity index is 2.94. The molecule has 16 heavy (non-hydrogen) atoms. The zero-order valence-electron chi connectivity index (χ0n) is 10.2. The average Bonchev–Trinajstić information content (AvgIpc) is 2.25. The minimum Gasteiger partial charge on any atom is -0.398 e. The van der Waals surface area contributed by atoms with Crippen LogP contribution in [0.3, 0.4) is 0 Å². The number of hydrogen-bond donors (Lipinski definition) is 1. The van der Waals surface area contributed by atoms with Crippen molar-refractivity contribution in [2.24, 2.45) is 0 Å². The highest BCUT2D eigenvalue weighted by atomic mass is 16.2. The Morgan fingerprint density at radius 2 is 2.19 bits per heavy atom. The van der Waals surface area contributed by atoms with E-state index in [1.165, 1.54) is 0 Å². The second kappa shape index (κ2) is 5.49. The van der Waals surface area contributed by atoms with Crippen LogP contribution in [-0.2, 0) is 0 Å². The molecule has 4 heteroatoms. The first-order chi connectivity index (χ1) is 7.60. The topological polar surface area (TPSA) is 59.2 Å². The summed E-state index contributed by atoms with van der Waals surface area (Å²) in [4.78, 5) is 18.0. The monoisotopic (exact) mass is 221 g/mol. The predicted octanol–water partition coefficient (Wildman–Crippen LogP) is 1.84. The first-order valence-corrected chi connectivity index (χ1v) is 5.61. The minimum atomic E-state index is -0.0330. The Kier molecular flexibility index (Phi) is 4.28. The lowest BCUT2D eigenvalue weighted by Gasteiger charge is -2.20. The lowest BCUT2D eigenvalue weighted by atomic mass is 10.2. The fourth-order valence-corrected chi connectivity index (χ4v) is 1.60. The second-order valence-electron chi connectivity index (χ2n) is 3.80. The number of nitrogens with zero attached hydrogens (tertiary/aromatic N) is 2. The van der Waals surface area contributed by atoms with E-state index in [1.807, 2.05) is 20.8 Å². The summed E-state index contributed by atoms with van der Waals surface area (Å²) >= 11 is 0. The van der Waals surface area contributed by atoms with Gasteiger partial charge in [0.1, 0.15) is 0 Å². The van der Waals surface area contributed by atoms with Crippen LogP contribution in [0.25, 0.3) is 0 Å². The maximum absolute atomic E-state index is 12.1. The van der Waals surface area contributed by atoms with Gasteiger partial charge in [-0.05, 0) is 26.3 Å². The predicted molar refractivity (Wildman–Crippen MR) is 65.3 cm³/mol. The van der Waals surface area contributed by atoms with Gasteiger partial charge < -0.3 is 10.6 Å². The molecule has 1 aromatic rings. The van der Waals surface area contributed by atoms with Crippen molar-refractivity contribution in [1.29, 1.82) is 0 Å². The van der Waals surface area contributed by atoms with Crippen LogP contribution in [0.5, 0.6) is 0 Å². The maximum atomic E-state index is 12.1. The molecule has 0 fully saturated rings. The highest BCUT2D eigenvalue weighted by Crippen LogP contribution is 2.14. The number of carbonyl (C=O) groups excluding carboxylic acids is 1. The van der Waals surface area contributed by atoms with Gasteiger partial charge in [0.05, 0.1) is 5.56 Å². The fourth-order valence-electron chi connectivity index (χ4n) is 1.60. The van der Waals surface area contributed by atoms with E-state index in [0.29, 0.717) is 17.8 Å². The van der Waals surface area contributed by atoms with Gasteiger partial charge >= 0.3 is 0 Å². The molecular formula is C12H19N3O. The second-order valence-corrected chi connectivity index (χ2v) is 3.80. The molecular weight excluding hydrogens is 202 g/mol. The molecule has 2 N–H and O–H groups in total. The molecule has 0 atom stereocenters. The van der Waals surface area contributed by atoms with Gasteiger partial charge in [0.25, 0.3) is 5.91 Å². The summed E-state index contributed by atoms with van der Waals surface area (Å²) in [6.45, 7) is 7.31. The largest absolute Gasteiger partial charge is 0.398 e. The van der Waals surface area contributed by atoms with E-state index in [4.69, 9.17) is 5.73 Å². The molecule has 0 aromatic carbocycles. The Hall–Kier alpha value is -1.58. The summed E-state index contributed by atoms with van der Waals surface area (Å²) in [6, 6.07) is 1.73. The molecule has 0 saturated carbocycles. The smallest absolute Gasteiger partial charge is 0.257 e. The fraction of sp³-hybridized carbons (Fsp3) is 0.500. The summed E-state index contributed by atoms with van der Waals surface area (Å²) in [5, 5.41) is 0. The lowest BCUT2D eigenvalue weighted by molar-refractivity contribution is 0.0765. The Bertz CT molecular complexity index is 377. The number of anilines is 1. The van der Waals surface area contributed by atoms with E-state index in [9.17, 15) is 4.79 Å². The number of aryl methyl sites for hydroxylation is 1. The van der Waals surface area contributed by atoms with Crippen LogP contribution < -0.4 is 5.73 Å². The summed E-state index contributed by atoms with van der Waals surface area (Å²) in [5.74, 6) is -0.0330. The first kappa shape index (κ1) is 12.5. The average molecular weight is 221 g/mol. The number of nitrogen functional groups attached to an aromatic ring is 1. The normalized spacial score (nSPS) is 10.2. The molecule has 1 aromatic heterocycles. The third-order valence-electron chi connectivity index (χ3n) is 2.47. The number of nitrogens with two attached hydrogens (primary N) is 1. The van der Waals surface area contributed by atoms with Crippen LogP contribution in [0.4, 0.5) is 5.69 Å². The number of aromatic nitrogens is 1. The molecule has 88 valence electrons. The van der Waals surface area contributed by atoms with Crippen molar-refractivity contribution in [1.82, 2.24) is 9.88 Å². The van der Waals surface area contributed by atoms with Crippen LogP contribution in [-0.4, -0.2) is 28.9 Å². The SMILES string of the molecule is CCCN(CC)C(=O)c1cnc(C)cc1N. The molecule has 0 bridgehead atoms. The van der Waals surface area contributed by atoms with Crippen LogP contribution in [0.15, 0.2) is 12.3 Å². The minimum absolute atomic E-state index is 0.0330. The molecule has 1 heterocycles. The molecule has 1 rings (SSSR count). The van der Waals surface area contributed by atoms with Gasteiger partial charge in [-0.1, -0.05) is 6.92 Å². The lowest BCUT2D eigenvalue weighted by Crippen LogP contribution is -2.32. The summed E-state index contributed by atoms with van der Waals surface area (Å²) in [6.07, 6.45) is 2.50. The highest BCUT2D eigenvalue weighted by Gasteiger charge is 2.16.